The molecule has 3 aromatic carbocycles. The Morgan fingerprint density at radius 3 is 2.48 bits per heavy atom. The predicted molar refractivity (Wildman–Crippen MR) is 112 cm³/mol. The van der Waals surface area contributed by atoms with E-state index in [1.165, 1.54) is 0 Å². The summed E-state index contributed by atoms with van der Waals surface area (Å²) >= 11 is 0. The molecule has 0 bridgehead atoms. The first-order valence-electron chi connectivity index (χ1n) is 8.75. The summed E-state index contributed by atoms with van der Waals surface area (Å²) in [7, 11) is 0. The number of phenols is 1. The quantitative estimate of drug-likeness (QED) is 0.504. The Balaban J connectivity index is 1.94. The van der Waals surface area contributed by atoms with E-state index in [-0.39, 0.29) is 5.75 Å². The highest BCUT2D eigenvalue weighted by Crippen LogP contribution is 2.36. The summed E-state index contributed by atoms with van der Waals surface area (Å²) in [4.78, 5) is 0. The minimum absolute atomic E-state index is 0.195. The highest BCUT2D eigenvalue weighted by atomic mass is 16.3. The number of phenolic OH excluding ortho intramolecular Hbond substituents is 1. The van der Waals surface area contributed by atoms with Gasteiger partial charge in [-0.05, 0) is 18.2 Å². The molecule has 0 unspecified atom stereocenters. The molecule has 2 heterocycles. The number of benzene rings is 3. The molecule has 3 nitrogen and oxygen atoms in total. The molecule has 0 aliphatic rings. The van der Waals surface area contributed by atoms with Gasteiger partial charge < -0.3 is 14.1 Å². The van der Waals surface area contributed by atoms with Crippen molar-refractivity contribution in [1.29, 1.82) is 0 Å². The zero-order valence-electron chi connectivity index (χ0n) is 14.6. The molecule has 0 aliphatic carbocycles. The highest BCUT2D eigenvalue weighted by molar-refractivity contribution is 6.08. The third-order valence-corrected chi connectivity index (χ3v) is 5.00. The molecule has 0 radical (unpaired) electrons. The van der Waals surface area contributed by atoms with Crippen LogP contribution in [0.3, 0.4) is 0 Å². The van der Waals surface area contributed by atoms with Gasteiger partial charge in [-0.3, -0.25) is 0 Å². The van der Waals surface area contributed by atoms with E-state index in [0.717, 1.165) is 43.5 Å². The van der Waals surface area contributed by atoms with Crippen molar-refractivity contribution < 1.29 is 9.52 Å². The van der Waals surface area contributed by atoms with E-state index in [9.17, 15) is 5.11 Å². The molecular weight excluding hydrogens is 334 g/mol. The van der Waals surface area contributed by atoms with Crippen molar-refractivity contribution in [3.05, 3.63) is 83.9 Å². The molecule has 2 aromatic heterocycles. The molecule has 0 saturated carbocycles. The molecular formula is C24H17NO2. The largest absolute Gasteiger partial charge is 0.507 e. The second-order valence-electron chi connectivity index (χ2n) is 6.55. The Morgan fingerprint density at radius 1 is 0.926 bits per heavy atom. The van der Waals surface area contributed by atoms with Gasteiger partial charge in [-0.2, -0.15) is 0 Å². The number of aromatic nitrogens is 1. The minimum atomic E-state index is 0.195. The maximum absolute atomic E-state index is 10.8. The fourth-order valence-electron chi connectivity index (χ4n) is 3.84. The van der Waals surface area contributed by atoms with Crippen molar-refractivity contribution in [3.8, 4) is 11.4 Å². The van der Waals surface area contributed by atoms with Gasteiger partial charge >= 0.3 is 0 Å². The highest BCUT2D eigenvalue weighted by Gasteiger charge is 2.15. The summed E-state index contributed by atoms with van der Waals surface area (Å²) in [5.41, 5.74) is 3.25. The molecule has 0 atom stereocenters. The lowest BCUT2D eigenvalue weighted by Gasteiger charge is -2.08. The van der Waals surface area contributed by atoms with Crippen molar-refractivity contribution in [2.75, 3.05) is 0 Å². The normalized spacial score (nSPS) is 12.4. The smallest absolute Gasteiger partial charge is 0.141 e. The van der Waals surface area contributed by atoms with E-state index in [0.29, 0.717) is 5.58 Å². The van der Waals surface area contributed by atoms with Crippen molar-refractivity contribution in [2.24, 2.45) is 0 Å². The zero-order chi connectivity index (χ0) is 18.5. The SMILES string of the molecule is C=C/C=c1\c(=C)c2ccccc2n1-c1cc(O)c2c(c1)oc1ccccc12. The van der Waals surface area contributed by atoms with Gasteiger partial charge in [-0.15, -0.1) is 0 Å². The van der Waals surface area contributed by atoms with E-state index in [4.69, 9.17) is 4.42 Å². The molecule has 5 rings (SSSR count). The lowest BCUT2D eigenvalue weighted by Crippen LogP contribution is -2.26. The lowest BCUT2D eigenvalue weighted by molar-refractivity contribution is 0.481. The van der Waals surface area contributed by atoms with E-state index < -0.39 is 0 Å². The van der Waals surface area contributed by atoms with Crippen molar-refractivity contribution >= 4 is 45.5 Å². The second kappa shape index (κ2) is 5.64. The van der Waals surface area contributed by atoms with Crippen LogP contribution >= 0.6 is 0 Å². The Bertz CT molecular complexity index is 1470. The van der Waals surface area contributed by atoms with Crippen LogP contribution in [0.1, 0.15) is 0 Å². The summed E-state index contributed by atoms with van der Waals surface area (Å²) in [6.07, 6.45) is 3.68. The summed E-state index contributed by atoms with van der Waals surface area (Å²) in [5, 5.41) is 15.3. The van der Waals surface area contributed by atoms with Crippen molar-refractivity contribution in [1.82, 2.24) is 4.57 Å². The Morgan fingerprint density at radius 2 is 1.67 bits per heavy atom. The van der Waals surface area contributed by atoms with Crippen LogP contribution in [0.5, 0.6) is 5.75 Å². The van der Waals surface area contributed by atoms with Gasteiger partial charge in [-0.1, -0.05) is 55.6 Å². The average molecular weight is 351 g/mol. The predicted octanol–water partition coefficient (Wildman–Crippen LogP) is 4.61. The minimum Gasteiger partial charge on any atom is -0.507 e. The van der Waals surface area contributed by atoms with Crippen LogP contribution in [0.4, 0.5) is 0 Å². The van der Waals surface area contributed by atoms with Crippen molar-refractivity contribution in [2.45, 2.75) is 0 Å². The van der Waals surface area contributed by atoms with Crippen LogP contribution < -0.4 is 10.6 Å². The zero-order valence-corrected chi connectivity index (χ0v) is 14.6. The fourth-order valence-corrected chi connectivity index (χ4v) is 3.84. The number of nitrogens with zero attached hydrogens (tertiary/aromatic N) is 1. The first-order chi connectivity index (χ1) is 13.2. The van der Waals surface area contributed by atoms with Gasteiger partial charge in [0.05, 0.1) is 21.9 Å². The molecule has 5 aromatic rings. The number of hydrogen-bond acceptors (Lipinski definition) is 2. The molecule has 1 N–H and O–H groups in total. The molecule has 0 saturated heterocycles. The maximum Gasteiger partial charge on any atom is 0.141 e. The van der Waals surface area contributed by atoms with Crippen LogP contribution in [-0.4, -0.2) is 9.67 Å². The first-order valence-corrected chi connectivity index (χ1v) is 8.75. The van der Waals surface area contributed by atoms with Gasteiger partial charge in [0.25, 0.3) is 0 Å². The summed E-state index contributed by atoms with van der Waals surface area (Å²) in [5.74, 6) is 0.195. The Kier molecular flexibility index (Phi) is 3.25. The van der Waals surface area contributed by atoms with Gasteiger partial charge in [0.15, 0.2) is 0 Å². The molecule has 0 aliphatic heterocycles. The van der Waals surface area contributed by atoms with Crippen LogP contribution in [0.2, 0.25) is 0 Å². The molecule has 0 amide bonds. The van der Waals surface area contributed by atoms with Gasteiger partial charge in [-0.25, -0.2) is 0 Å². The van der Waals surface area contributed by atoms with Crippen LogP contribution in [0.25, 0.3) is 51.2 Å². The average Bonchev–Trinajstić information content (AvgIpc) is 3.18. The Hall–Kier alpha value is -3.72. The lowest BCUT2D eigenvalue weighted by atomic mass is 10.1. The molecule has 130 valence electrons. The van der Waals surface area contributed by atoms with E-state index in [2.05, 4.69) is 17.7 Å². The maximum atomic E-state index is 10.8. The number of aromatic hydroxyl groups is 1. The van der Waals surface area contributed by atoms with Crippen molar-refractivity contribution in [3.63, 3.8) is 0 Å². The number of allylic oxidation sites excluding steroid dienone is 1. The van der Waals surface area contributed by atoms with E-state index in [1.807, 2.05) is 60.7 Å². The molecule has 27 heavy (non-hydrogen) atoms. The summed E-state index contributed by atoms with van der Waals surface area (Å²) in [6.45, 7) is 8.08. The van der Waals surface area contributed by atoms with Gasteiger partial charge in [0.2, 0.25) is 0 Å². The third-order valence-electron chi connectivity index (χ3n) is 5.00. The summed E-state index contributed by atoms with van der Waals surface area (Å²) < 4.78 is 8.07. The summed E-state index contributed by atoms with van der Waals surface area (Å²) in [6, 6.07) is 19.6. The fraction of sp³-hybridized carbons (Fsp3) is 0. The second-order valence-corrected chi connectivity index (χ2v) is 6.55. The van der Waals surface area contributed by atoms with Crippen LogP contribution in [0, 0.1) is 0 Å². The number of fused-ring (bicyclic) bond motifs is 4. The molecule has 3 heteroatoms. The van der Waals surface area contributed by atoms with Gasteiger partial charge in [0.1, 0.15) is 16.9 Å². The molecule has 0 spiro atoms. The number of para-hydroxylation sites is 2. The van der Waals surface area contributed by atoms with Crippen LogP contribution in [0.15, 0.2) is 77.7 Å². The van der Waals surface area contributed by atoms with Gasteiger partial charge in [0, 0.05) is 28.1 Å². The van der Waals surface area contributed by atoms with E-state index >= 15 is 0 Å². The third kappa shape index (κ3) is 2.15. The first kappa shape index (κ1) is 15.5. The van der Waals surface area contributed by atoms with E-state index in [1.54, 1.807) is 12.1 Å². The number of hydrogen-bond donors (Lipinski definition) is 1. The topological polar surface area (TPSA) is 38.3 Å². The standard InChI is InChI=1S/C24H17NO2/c1-3-8-19-15(2)17-9-4-6-11-20(17)25(19)16-13-21(26)24-18-10-5-7-12-22(18)27-23(24)14-16/h3-14,26H,1-2H2/b19-8+. The van der Waals surface area contributed by atoms with Crippen LogP contribution in [-0.2, 0) is 0 Å². The monoisotopic (exact) mass is 351 g/mol. The Labute approximate surface area is 155 Å². The number of rotatable bonds is 2. The number of furan rings is 1. The molecule has 0 fully saturated rings.